The summed E-state index contributed by atoms with van der Waals surface area (Å²) >= 11 is 0. The van der Waals surface area contributed by atoms with E-state index in [0.29, 0.717) is 0 Å². The van der Waals surface area contributed by atoms with Crippen LogP contribution in [0.25, 0.3) is 98.7 Å². The van der Waals surface area contributed by atoms with Gasteiger partial charge in [0.25, 0.3) is 0 Å². The topological polar surface area (TPSA) is 0 Å². The van der Waals surface area contributed by atoms with Gasteiger partial charge in [0.05, 0.1) is 10.8 Å². The first kappa shape index (κ1) is 46.2. The minimum atomic E-state index is -0.399. The maximum absolute atomic E-state index is 2.56. The third-order valence-corrected chi connectivity index (χ3v) is 18.2. The summed E-state index contributed by atoms with van der Waals surface area (Å²) in [4.78, 5) is 0. The number of fused-ring (bicyclic) bond motifs is 10. The Morgan fingerprint density at radius 2 is 0.463 bits per heavy atom. The van der Waals surface area contributed by atoms with Crippen LogP contribution in [-0.4, -0.2) is 0 Å². The van der Waals surface area contributed by atoms with Crippen molar-refractivity contribution in [2.45, 2.75) is 23.7 Å². The van der Waals surface area contributed by atoms with Crippen LogP contribution in [0.5, 0.6) is 0 Å². The lowest BCUT2D eigenvalue weighted by molar-refractivity contribution is 0.630. The summed E-state index contributed by atoms with van der Waals surface area (Å²) in [5.74, 6) is 0. The van der Waals surface area contributed by atoms with Gasteiger partial charge in [-0.2, -0.15) is 0 Å². The van der Waals surface area contributed by atoms with Gasteiger partial charge in [-0.05, 0) is 168 Å². The second kappa shape index (κ2) is 18.4. The second-order valence-corrected chi connectivity index (χ2v) is 22.2. The zero-order valence-corrected chi connectivity index (χ0v) is 44.3. The Bertz CT molecular complexity index is 4330. The third-order valence-electron chi connectivity index (χ3n) is 18.2. The molecule has 2 unspecified atom stereocenters. The van der Waals surface area contributed by atoms with Crippen LogP contribution in [0.15, 0.2) is 303 Å². The number of benzene rings is 14. The van der Waals surface area contributed by atoms with Crippen LogP contribution in [0.4, 0.5) is 0 Å². The lowest BCUT2D eigenvalue weighted by Crippen LogP contribution is -2.29. The van der Waals surface area contributed by atoms with E-state index in [1.165, 1.54) is 143 Å². The summed E-state index contributed by atoms with van der Waals surface area (Å²) in [7, 11) is 0. The quantitative estimate of drug-likeness (QED) is 0.126. The van der Waals surface area contributed by atoms with E-state index >= 15 is 0 Å². The largest absolute Gasteiger partial charge is 0.0622 e. The Morgan fingerprint density at radius 1 is 0.200 bits per heavy atom. The molecule has 374 valence electrons. The monoisotopic (exact) mass is 1010 g/mol. The van der Waals surface area contributed by atoms with Crippen molar-refractivity contribution in [1.82, 2.24) is 0 Å². The zero-order valence-electron chi connectivity index (χ0n) is 44.3. The summed E-state index contributed by atoms with van der Waals surface area (Å²) in [5, 5.41) is 9.97. The Labute approximate surface area is 467 Å². The third kappa shape index (κ3) is 6.82. The number of hydrogen-bond acceptors (Lipinski definition) is 0. The number of rotatable bonds is 9. The van der Waals surface area contributed by atoms with Crippen molar-refractivity contribution >= 4 is 43.1 Å². The second-order valence-electron chi connectivity index (χ2n) is 22.2. The molecule has 0 nitrogen and oxygen atoms in total. The molecule has 0 aromatic heterocycles. The maximum atomic E-state index is 2.56. The average molecular weight is 1020 g/mol. The van der Waals surface area contributed by atoms with Gasteiger partial charge in [-0.25, -0.2) is 0 Å². The highest BCUT2D eigenvalue weighted by Gasteiger charge is 2.46. The molecule has 0 heteroatoms. The molecule has 2 aliphatic carbocycles. The molecule has 0 aliphatic heterocycles. The van der Waals surface area contributed by atoms with E-state index in [9.17, 15) is 0 Å². The molecule has 16 rings (SSSR count). The van der Waals surface area contributed by atoms with Gasteiger partial charge in [-0.1, -0.05) is 291 Å². The first-order chi connectivity index (χ1) is 39.7. The molecule has 14 aromatic rings. The van der Waals surface area contributed by atoms with Crippen molar-refractivity contribution < 1.29 is 0 Å². The van der Waals surface area contributed by atoms with Gasteiger partial charge in [0.15, 0.2) is 0 Å². The van der Waals surface area contributed by atoms with Gasteiger partial charge in [-0.15, -0.1) is 0 Å². The molecule has 0 saturated heterocycles. The van der Waals surface area contributed by atoms with Crippen LogP contribution in [0.2, 0.25) is 0 Å². The Kier molecular flexibility index (Phi) is 10.6. The van der Waals surface area contributed by atoms with Crippen LogP contribution >= 0.6 is 0 Å². The van der Waals surface area contributed by atoms with Crippen LogP contribution in [0.3, 0.4) is 0 Å². The molecule has 2 atom stereocenters. The standard InChI is InChI=1S/C80H54/c1-5-25-53(26-6-1)51-79(57-29-9-3-10-30-57)71-43-23-21-33-59(71)61-47-45-55(49-73(61)79)75-63-35-13-17-39-67(63)77(68-40-18-14-36-64(68)75)78-69-41-19-15-37-65(69)76(66-38-16-20-42-70(66)78)56-46-48-62-60-34-22-24-44-72(60)80(74(62)50-56,58-31-11-4-12-32-58)52-54-27-7-2-8-28-54/h1-50H,51-52H2. The summed E-state index contributed by atoms with van der Waals surface area (Å²) in [6, 6.07) is 114. The molecule has 14 aromatic carbocycles. The van der Waals surface area contributed by atoms with E-state index in [4.69, 9.17) is 0 Å². The Morgan fingerprint density at radius 3 is 0.800 bits per heavy atom. The molecular formula is C80H54. The lowest BCUT2D eigenvalue weighted by atomic mass is 9.68. The molecular weight excluding hydrogens is 961 g/mol. The number of hydrogen-bond donors (Lipinski definition) is 0. The molecule has 0 N–H and O–H groups in total. The molecule has 0 bridgehead atoms. The zero-order chi connectivity index (χ0) is 52.8. The molecule has 0 fully saturated rings. The maximum Gasteiger partial charge on any atom is 0.0504 e. The molecule has 0 saturated carbocycles. The van der Waals surface area contributed by atoms with Crippen LogP contribution in [-0.2, 0) is 23.7 Å². The van der Waals surface area contributed by atoms with Gasteiger partial charge in [-0.3, -0.25) is 0 Å². The molecule has 80 heavy (non-hydrogen) atoms. The van der Waals surface area contributed by atoms with E-state index in [2.05, 4.69) is 303 Å². The summed E-state index contributed by atoms with van der Waals surface area (Å²) in [6.07, 6.45) is 1.70. The van der Waals surface area contributed by atoms with Crippen molar-refractivity contribution in [3.05, 3.63) is 348 Å². The fourth-order valence-corrected chi connectivity index (χ4v) is 14.9. The minimum absolute atomic E-state index is 0.399. The van der Waals surface area contributed by atoms with Crippen LogP contribution in [0.1, 0.15) is 44.5 Å². The summed E-state index contributed by atoms with van der Waals surface area (Å²) in [5.41, 5.74) is 22.7. The van der Waals surface area contributed by atoms with Gasteiger partial charge < -0.3 is 0 Å². The van der Waals surface area contributed by atoms with Gasteiger partial charge in [0.2, 0.25) is 0 Å². The van der Waals surface area contributed by atoms with Crippen LogP contribution < -0.4 is 0 Å². The SMILES string of the molecule is c1ccc(CC2(c3ccccc3)c3ccccc3-c3ccc(-c4c5ccccc5c(-c5c6ccccc6c(-c6ccc7c(c6)C(Cc6ccccc6)(c6ccccc6)c6ccccc6-7)c6ccccc56)c5ccccc45)cc32)cc1. The molecule has 0 radical (unpaired) electrons. The Balaban J connectivity index is 0.935. The predicted octanol–water partition coefficient (Wildman–Crippen LogP) is 20.4. The van der Waals surface area contributed by atoms with E-state index in [0.717, 1.165) is 12.8 Å². The van der Waals surface area contributed by atoms with E-state index in [1.807, 2.05) is 0 Å². The van der Waals surface area contributed by atoms with E-state index < -0.39 is 10.8 Å². The lowest BCUT2D eigenvalue weighted by Gasteiger charge is -2.34. The van der Waals surface area contributed by atoms with Crippen molar-refractivity contribution in [1.29, 1.82) is 0 Å². The highest BCUT2D eigenvalue weighted by atomic mass is 14.5. The fourth-order valence-electron chi connectivity index (χ4n) is 14.9. The van der Waals surface area contributed by atoms with Crippen LogP contribution in [0, 0.1) is 0 Å². The first-order valence-electron chi connectivity index (χ1n) is 28.2. The normalized spacial score (nSPS) is 15.9. The van der Waals surface area contributed by atoms with Crippen molar-refractivity contribution in [3.8, 4) is 55.6 Å². The Hall–Kier alpha value is -9.88. The van der Waals surface area contributed by atoms with Gasteiger partial charge in [0.1, 0.15) is 0 Å². The highest BCUT2D eigenvalue weighted by Crippen LogP contribution is 2.58. The fraction of sp³-hybridized carbons (Fsp3) is 0.0500. The molecule has 0 heterocycles. The van der Waals surface area contributed by atoms with E-state index in [1.54, 1.807) is 0 Å². The van der Waals surface area contributed by atoms with Crippen molar-refractivity contribution in [2.24, 2.45) is 0 Å². The average Bonchev–Trinajstić information content (AvgIpc) is 4.16. The first-order valence-corrected chi connectivity index (χ1v) is 28.2. The minimum Gasteiger partial charge on any atom is -0.0622 e. The summed E-state index contributed by atoms with van der Waals surface area (Å²) < 4.78 is 0. The molecule has 0 amide bonds. The van der Waals surface area contributed by atoms with Gasteiger partial charge in [0, 0.05) is 0 Å². The molecule has 0 spiro atoms. The van der Waals surface area contributed by atoms with E-state index in [-0.39, 0.29) is 0 Å². The smallest absolute Gasteiger partial charge is 0.0504 e. The highest BCUT2D eigenvalue weighted by molar-refractivity contribution is 6.30. The summed E-state index contributed by atoms with van der Waals surface area (Å²) in [6.45, 7) is 0. The molecule has 2 aliphatic rings. The van der Waals surface area contributed by atoms with Gasteiger partial charge >= 0.3 is 0 Å². The van der Waals surface area contributed by atoms with Crippen molar-refractivity contribution in [2.75, 3.05) is 0 Å². The van der Waals surface area contributed by atoms with Crippen molar-refractivity contribution in [3.63, 3.8) is 0 Å². The predicted molar refractivity (Wildman–Crippen MR) is 337 cm³/mol.